The van der Waals surface area contributed by atoms with Crippen LogP contribution in [0.1, 0.15) is 71.1 Å². The van der Waals surface area contributed by atoms with Gasteiger partial charge in [-0.25, -0.2) is 4.79 Å². The molecule has 1 saturated carbocycles. The molecule has 1 fully saturated rings. The monoisotopic (exact) mass is 296 g/mol. The van der Waals surface area contributed by atoms with Gasteiger partial charge in [0.25, 0.3) is 0 Å². The molecular weight excluding hydrogens is 264 g/mol. The van der Waals surface area contributed by atoms with Gasteiger partial charge in [-0.15, -0.1) is 0 Å². The highest BCUT2D eigenvalue weighted by atomic mass is 16.5. The number of allylic oxidation sites excluding steroid dienone is 2. The number of unbranched alkanes of at least 4 members (excludes halogenated alkanes) is 4. The van der Waals surface area contributed by atoms with Crippen LogP contribution in [-0.2, 0) is 9.53 Å². The quantitative estimate of drug-likeness (QED) is 0.415. The van der Waals surface area contributed by atoms with Crippen LogP contribution in [0.3, 0.4) is 0 Å². The molecule has 3 heteroatoms. The molecule has 0 aliphatic heterocycles. The Morgan fingerprint density at radius 2 is 2.10 bits per heavy atom. The van der Waals surface area contributed by atoms with Gasteiger partial charge in [0.1, 0.15) is 6.61 Å². The van der Waals surface area contributed by atoms with Gasteiger partial charge in [0.05, 0.1) is 0 Å². The number of carboxylic acid groups (broad SMARTS) is 1. The van der Waals surface area contributed by atoms with Crippen LogP contribution in [0.25, 0.3) is 0 Å². The first-order valence-electron chi connectivity index (χ1n) is 8.70. The van der Waals surface area contributed by atoms with Crippen molar-refractivity contribution >= 4 is 5.97 Å². The Bertz CT molecular complexity index is 299. The van der Waals surface area contributed by atoms with Gasteiger partial charge in [-0.1, -0.05) is 44.8 Å². The normalized spacial score (nSPS) is 22.1. The Morgan fingerprint density at radius 3 is 2.86 bits per heavy atom. The van der Waals surface area contributed by atoms with E-state index in [4.69, 9.17) is 9.84 Å². The predicted molar refractivity (Wildman–Crippen MR) is 86.4 cm³/mol. The van der Waals surface area contributed by atoms with Crippen molar-refractivity contribution in [2.75, 3.05) is 13.2 Å². The van der Waals surface area contributed by atoms with Crippen LogP contribution < -0.4 is 0 Å². The molecule has 0 heterocycles. The van der Waals surface area contributed by atoms with Crippen LogP contribution >= 0.6 is 0 Å². The first-order chi connectivity index (χ1) is 10.2. The Morgan fingerprint density at radius 1 is 1.24 bits per heavy atom. The van der Waals surface area contributed by atoms with Gasteiger partial charge in [0, 0.05) is 6.61 Å². The molecule has 21 heavy (non-hydrogen) atoms. The number of ether oxygens (including phenoxy) is 1. The van der Waals surface area contributed by atoms with Crippen LogP contribution in [0.4, 0.5) is 0 Å². The average molecular weight is 296 g/mol. The van der Waals surface area contributed by atoms with E-state index in [1.165, 1.54) is 51.4 Å². The maximum absolute atomic E-state index is 10.3. The van der Waals surface area contributed by atoms with E-state index in [2.05, 4.69) is 19.1 Å². The molecule has 0 aromatic carbocycles. The van der Waals surface area contributed by atoms with Crippen LogP contribution in [-0.4, -0.2) is 24.3 Å². The first-order valence-corrected chi connectivity index (χ1v) is 8.70. The Balaban J connectivity index is 2.08. The maximum Gasteiger partial charge on any atom is 0.329 e. The minimum atomic E-state index is -0.876. The largest absolute Gasteiger partial charge is 0.480 e. The first kappa shape index (κ1) is 18.2. The third kappa shape index (κ3) is 8.92. The van der Waals surface area contributed by atoms with Crippen molar-refractivity contribution in [2.45, 2.75) is 71.1 Å². The van der Waals surface area contributed by atoms with Crippen molar-refractivity contribution in [3.63, 3.8) is 0 Å². The summed E-state index contributed by atoms with van der Waals surface area (Å²) in [4.78, 5) is 10.3. The Labute approximate surface area is 129 Å². The van der Waals surface area contributed by atoms with E-state index in [9.17, 15) is 4.79 Å². The van der Waals surface area contributed by atoms with E-state index in [1.54, 1.807) is 0 Å². The highest BCUT2D eigenvalue weighted by molar-refractivity contribution is 5.67. The van der Waals surface area contributed by atoms with Crippen LogP contribution in [0, 0.1) is 11.8 Å². The van der Waals surface area contributed by atoms with Crippen LogP contribution in [0.2, 0.25) is 0 Å². The summed E-state index contributed by atoms with van der Waals surface area (Å²) in [5.74, 6) is 0.748. The van der Waals surface area contributed by atoms with Crippen molar-refractivity contribution in [1.82, 2.24) is 0 Å². The van der Waals surface area contributed by atoms with Gasteiger partial charge < -0.3 is 9.84 Å². The van der Waals surface area contributed by atoms with Crippen molar-refractivity contribution in [1.29, 1.82) is 0 Å². The van der Waals surface area contributed by atoms with E-state index in [0.29, 0.717) is 6.61 Å². The van der Waals surface area contributed by atoms with Crippen molar-refractivity contribution in [3.8, 4) is 0 Å². The third-order valence-electron chi connectivity index (χ3n) is 4.41. The zero-order valence-corrected chi connectivity index (χ0v) is 13.6. The van der Waals surface area contributed by atoms with Gasteiger partial charge in [0.15, 0.2) is 0 Å². The molecule has 0 amide bonds. The third-order valence-corrected chi connectivity index (χ3v) is 4.41. The molecule has 0 radical (unpaired) electrons. The fourth-order valence-corrected chi connectivity index (χ4v) is 3.23. The van der Waals surface area contributed by atoms with Crippen LogP contribution in [0.5, 0.6) is 0 Å². The molecule has 1 rings (SSSR count). The molecule has 0 bridgehead atoms. The fraction of sp³-hybridized carbons (Fsp3) is 0.833. The van der Waals surface area contributed by atoms with E-state index in [1.807, 2.05) is 0 Å². The molecule has 2 atom stereocenters. The van der Waals surface area contributed by atoms with Crippen molar-refractivity contribution < 1.29 is 14.6 Å². The minimum Gasteiger partial charge on any atom is -0.480 e. The molecule has 1 aliphatic carbocycles. The molecule has 1 aliphatic rings. The van der Waals surface area contributed by atoms with E-state index >= 15 is 0 Å². The standard InChI is InChI=1S/C18H32O3/c1-2-3-4-5-6-10-16-12-9-13-17(16)11-7-8-14-21-15-18(19)20/h6,10,16-17H,2-5,7-9,11-15H2,1H3,(H,19,20)/t16-,17-/m0/s1. The Kier molecular flexibility index (Phi) is 10.2. The number of carboxylic acids is 1. The van der Waals surface area contributed by atoms with Crippen molar-refractivity contribution in [2.24, 2.45) is 11.8 Å². The lowest BCUT2D eigenvalue weighted by Crippen LogP contribution is -2.09. The van der Waals surface area contributed by atoms with Gasteiger partial charge in [0.2, 0.25) is 0 Å². The number of hydrogen-bond donors (Lipinski definition) is 1. The summed E-state index contributed by atoms with van der Waals surface area (Å²) in [5, 5.41) is 8.48. The topological polar surface area (TPSA) is 46.5 Å². The molecule has 1 N–H and O–H groups in total. The summed E-state index contributed by atoms with van der Waals surface area (Å²) in [6, 6.07) is 0. The second kappa shape index (κ2) is 11.8. The smallest absolute Gasteiger partial charge is 0.329 e. The van der Waals surface area contributed by atoms with Gasteiger partial charge in [-0.3, -0.25) is 0 Å². The number of hydrogen-bond acceptors (Lipinski definition) is 2. The molecule has 0 saturated heterocycles. The predicted octanol–water partition coefficient (Wildman–Crippen LogP) is 4.81. The lowest BCUT2D eigenvalue weighted by molar-refractivity contribution is -0.142. The van der Waals surface area contributed by atoms with Gasteiger partial charge >= 0.3 is 5.97 Å². The molecule has 0 aromatic heterocycles. The van der Waals surface area contributed by atoms with E-state index in [-0.39, 0.29) is 6.61 Å². The molecule has 0 aromatic rings. The highest BCUT2D eigenvalue weighted by Gasteiger charge is 2.24. The average Bonchev–Trinajstić information content (AvgIpc) is 2.89. The molecule has 3 nitrogen and oxygen atoms in total. The van der Waals surface area contributed by atoms with Crippen LogP contribution in [0.15, 0.2) is 12.2 Å². The number of rotatable bonds is 12. The second-order valence-corrected chi connectivity index (χ2v) is 6.22. The van der Waals surface area contributed by atoms with E-state index in [0.717, 1.165) is 24.7 Å². The maximum atomic E-state index is 10.3. The summed E-state index contributed by atoms with van der Waals surface area (Å²) in [7, 11) is 0. The zero-order valence-electron chi connectivity index (χ0n) is 13.6. The summed E-state index contributed by atoms with van der Waals surface area (Å²) in [5.41, 5.74) is 0. The lowest BCUT2D eigenvalue weighted by Gasteiger charge is -2.16. The lowest BCUT2D eigenvalue weighted by atomic mass is 9.90. The summed E-state index contributed by atoms with van der Waals surface area (Å²) < 4.78 is 5.08. The SMILES string of the molecule is CCCCCC=C[C@H]1CCC[C@@H]1CCCCOCC(=O)O. The highest BCUT2D eigenvalue weighted by Crippen LogP contribution is 2.36. The number of carbonyl (C=O) groups is 1. The fourth-order valence-electron chi connectivity index (χ4n) is 3.23. The molecule has 122 valence electrons. The number of aliphatic carboxylic acids is 1. The summed E-state index contributed by atoms with van der Waals surface area (Å²) in [6.45, 7) is 2.67. The Hall–Kier alpha value is -0.830. The van der Waals surface area contributed by atoms with Gasteiger partial charge in [-0.2, -0.15) is 0 Å². The summed E-state index contributed by atoms with van der Waals surface area (Å²) in [6.07, 6.45) is 17.5. The summed E-state index contributed by atoms with van der Waals surface area (Å²) >= 11 is 0. The minimum absolute atomic E-state index is 0.160. The molecular formula is C18H32O3. The zero-order chi connectivity index (χ0) is 15.3. The van der Waals surface area contributed by atoms with Gasteiger partial charge in [-0.05, 0) is 50.4 Å². The van der Waals surface area contributed by atoms with E-state index < -0.39 is 5.97 Å². The van der Waals surface area contributed by atoms with Crippen molar-refractivity contribution in [3.05, 3.63) is 12.2 Å². The molecule has 0 unspecified atom stereocenters. The second-order valence-electron chi connectivity index (χ2n) is 6.22. The molecule has 0 spiro atoms.